The molecule has 0 spiro atoms. The minimum atomic E-state index is -0.562. The van der Waals surface area contributed by atoms with Crippen molar-refractivity contribution in [3.63, 3.8) is 0 Å². The minimum absolute atomic E-state index is 0.101. The van der Waals surface area contributed by atoms with Crippen molar-refractivity contribution < 1.29 is 9.90 Å². The Hall–Kier alpha value is -0.0500. The van der Waals surface area contributed by atoms with Crippen LogP contribution in [0, 0.1) is 16.2 Å². The zero-order chi connectivity index (χ0) is 11.8. The highest BCUT2D eigenvalue weighted by Gasteiger charge is 2.67. The van der Waals surface area contributed by atoms with E-state index in [0.29, 0.717) is 0 Å². The van der Waals surface area contributed by atoms with E-state index in [1.54, 1.807) is 0 Å². The van der Waals surface area contributed by atoms with E-state index in [9.17, 15) is 9.90 Å². The van der Waals surface area contributed by atoms with Crippen LogP contribution in [-0.2, 0) is 4.79 Å². The third kappa shape index (κ3) is 1.33. The Morgan fingerprint density at radius 1 is 1.00 bits per heavy atom. The number of hydrogen-bond donors (Lipinski definition) is 1. The van der Waals surface area contributed by atoms with Gasteiger partial charge in [-0.3, -0.25) is 4.79 Å². The van der Waals surface area contributed by atoms with Gasteiger partial charge in [-0.05, 0) is 49.4 Å². The zero-order valence-corrected chi connectivity index (χ0v) is 11.6. The van der Waals surface area contributed by atoms with Crippen molar-refractivity contribution >= 4 is 21.9 Å². The molecule has 2 nitrogen and oxygen atoms in total. The second-order valence-electron chi connectivity index (χ2n) is 7.42. The molecular formula is C13H19BrO2. The molecule has 4 aliphatic rings. The number of hydrogen-bond acceptors (Lipinski definition) is 1. The van der Waals surface area contributed by atoms with Gasteiger partial charge in [-0.2, -0.15) is 0 Å². The topological polar surface area (TPSA) is 37.3 Å². The molecule has 0 aromatic heterocycles. The van der Waals surface area contributed by atoms with Crippen molar-refractivity contribution in [1.82, 2.24) is 0 Å². The summed E-state index contributed by atoms with van der Waals surface area (Å²) in [7, 11) is 0. The summed E-state index contributed by atoms with van der Waals surface area (Å²) in [5.41, 5.74) is 0.0402. The van der Waals surface area contributed by atoms with Crippen molar-refractivity contribution in [3.8, 4) is 0 Å². The summed E-state index contributed by atoms with van der Waals surface area (Å²) in [5.74, 6) is -0.562. The van der Waals surface area contributed by atoms with E-state index < -0.39 is 11.4 Å². The van der Waals surface area contributed by atoms with Crippen LogP contribution in [0.3, 0.4) is 0 Å². The van der Waals surface area contributed by atoms with E-state index in [0.717, 1.165) is 32.1 Å². The first-order valence-electron chi connectivity index (χ1n) is 6.11. The molecule has 2 atom stereocenters. The number of rotatable bonds is 1. The molecule has 0 heterocycles. The quantitative estimate of drug-likeness (QED) is 0.748. The van der Waals surface area contributed by atoms with Crippen LogP contribution in [0.4, 0.5) is 0 Å². The zero-order valence-electron chi connectivity index (χ0n) is 9.98. The monoisotopic (exact) mass is 286 g/mol. The van der Waals surface area contributed by atoms with E-state index in [2.05, 4.69) is 29.8 Å². The largest absolute Gasteiger partial charge is 0.481 e. The Bertz CT molecular complexity index is 323. The van der Waals surface area contributed by atoms with Crippen LogP contribution in [-0.4, -0.2) is 15.4 Å². The summed E-state index contributed by atoms with van der Waals surface area (Å²) in [5, 5.41) is 9.60. The lowest BCUT2D eigenvalue weighted by Gasteiger charge is -2.66. The highest BCUT2D eigenvalue weighted by molar-refractivity contribution is 9.10. The van der Waals surface area contributed by atoms with Gasteiger partial charge in [0.05, 0.1) is 5.41 Å². The molecule has 0 amide bonds. The molecule has 4 aliphatic carbocycles. The normalized spacial score (nSPS) is 58.9. The van der Waals surface area contributed by atoms with Gasteiger partial charge in [0.25, 0.3) is 0 Å². The molecule has 4 rings (SSSR count). The van der Waals surface area contributed by atoms with Crippen LogP contribution in [0.5, 0.6) is 0 Å². The fraction of sp³-hybridized carbons (Fsp3) is 0.923. The van der Waals surface area contributed by atoms with Crippen molar-refractivity contribution in [2.24, 2.45) is 16.2 Å². The Labute approximate surface area is 105 Å². The molecule has 4 saturated carbocycles. The van der Waals surface area contributed by atoms with Gasteiger partial charge < -0.3 is 5.11 Å². The lowest BCUT2D eigenvalue weighted by Crippen LogP contribution is -2.62. The Morgan fingerprint density at radius 3 is 1.88 bits per heavy atom. The Morgan fingerprint density at radius 2 is 1.50 bits per heavy atom. The summed E-state index contributed by atoms with van der Waals surface area (Å²) in [6, 6.07) is 0. The fourth-order valence-electron chi connectivity index (χ4n) is 5.78. The molecule has 1 N–H and O–H groups in total. The molecule has 0 aliphatic heterocycles. The number of alkyl halides is 1. The lowest BCUT2D eigenvalue weighted by atomic mass is 9.40. The molecular weight excluding hydrogens is 268 g/mol. The number of halogens is 1. The molecule has 0 radical (unpaired) electrons. The maximum absolute atomic E-state index is 11.7. The van der Waals surface area contributed by atoms with Crippen LogP contribution < -0.4 is 0 Å². The molecule has 4 fully saturated rings. The number of carboxylic acids is 1. The van der Waals surface area contributed by atoms with E-state index in [-0.39, 0.29) is 15.2 Å². The molecule has 16 heavy (non-hydrogen) atoms. The summed E-state index contributed by atoms with van der Waals surface area (Å²) in [6.45, 7) is 4.58. The summed E-state index contributed by atoms with van der Waals surface area (Å²) in [4.78, 5) is 11.7. The fourth-order valence-corrected chi connectivity index (χ4v) is 7.67. The lowest BCUT2D eigenvalue weighted by molar-refractivity contribution is -0.180. The third-order valence-electron chi connectivity index (χ3n) is 4.98. The van der Waals surface area contributed by atoms with Gasteiger partial charge >= 0.3 is 5.97 Å². The predicted molar refractivity (Wildman–Crippen MR) is 65.6 cm³/mol. The van der Waals surface area contributed by atoms with E-state index in [4.69, 9.17) is 0 Å². The van der Waals surface area contributed by atoms with Gasteiger partial charge in [0.15, 0.2) is 0 Å². The maximum atomic E-state index is 11.7. The van der Waals surface area contributed by atoms with Crippen LogP contribution in [0.1, 0.15) is 52.4 Å². The third-order valence-corrected chi connectivity index (χ3v) is 5.82. The van der Waals surface area contributed by atoms with Crippen molar-refractivity contribution in [2.75, 3.05) is 0 Å². The van der Waals surface area contributed by atoms with Crippen LogP contribution in [0.2, 0.25) is 0 Å². The highest BCUT2D eigenvalue weighted by atomic mass is 79.9. The van der Waals surface area contributed by atoms with Crippen LogP contribution in [0.15, 0.2) is 0 Å². The van der Waals surface area contributed by atoms with E-state index in [1.807, 2.05) is 0 Å². The van der Waals surface area contributed by atoms with Gasteiger partial charge in [0.1, 0.15) is 0 Å². The van der Waals surface area contributed by atoms with Gasteiger partial charge in [-0.1, -0.05) is 29.8 Å². The summed E-state index contributed by atoms with van der Waals surface area (Å²) >= 11 is 3.87. The Kier molecular flexibility index (Phi) is 1.85. The number of carbonyl (C=O) groups is 1. The molecule has 0 aromatic carbocycles. The summed E-state index contributed by atoms with van der Waals surface area (Å²) < 4.78 is 0.101. The highest BCUT2D eigenvalue weighted by Crippen LogP contribution is 2.72. The standard InChI is InChI=1S/C13H19BrO2/c1-10-3-11(2)5-12(4-10,9(15)16)8-13(14,6-10)7-11/h3-8H2,1-2H3,(H,15,16)/t10-,11-,12?,13?/m0/s1. The number of aliphatic carboxylic acids is 1. The minimum Gasteiger partial charge on any atom is -0.481 e. The second-order valence-corrected chi connectivity index (χ2v) is 9.10. The average molecular weight is 287 g/mol. The average Bonchev–Trinajstić information content (AvgIpc) is 1.92. The van der Waals surface area contributed by atoms with Crippen molar-refractivity contribution in [1.29, 1.82) is 0 Å². The van der Waals surface area contributed by atoms with E-state index in [1.165, 1.54) is 6.42 Å². The molecule has 0 saturated heterocycles. The van der Waals surface area contributed by atoms with Crippen LogP contribution >= 0.6 is 15.9 Å². The molecule has 3 heteroatoms. The van der Waals surface area contributed by atoms with Crippen molar-refractivity contribution in [3.05, 3.63) is 0 Å². The first-order chi connectivity index (χ1) is 7.19. The maximum Gasteiger partial charge on any atom is 0.309 e. The molecule has 90 valence electrons. The van der Waals surface area contributed by atoms with Gasteiger partial charge in [-0.25, -0.2) is 0 Å². The first-order valence-corrected chi connectivity index (χ1v) is 6.90. The molecule has 0 aromatic rings. The van der Waals surface area contributed by atoms with Gasteiger partial charge in [0, 0.05) is 4.32 Å². The van der Waals surface area contributed by atoms with Crippen LogP contribution in [0.25, 0.3) is 0 Å². The van der Waals surface area contributed by atoms with E-state index >= 15 is 0 Å². The predicted octanol–water partition coefficient (Wildman–Crippen LogP) is 3.59. The van der Waals surface area contributed by atoms with Gasteiger partial charge in [0.2, 0.25) is 0 Å². The SMILES string of the molecule is C[C@@]12CC3(Br)CC(C(=O)O)(C1)C[C@@](C)(C3)C2. The molecule has 4 bridgehead atoms. The first kappa shape index (κ1) is 11.1. The smallest absolute Gasteiger partial charge is 0.309 e. The Balaban J connectivity index is 2.11. The second kappa shape index (κ2) is 2.68. The van der Waals surface area contributed by atoms with Crippen molar-refractivity contribution in [2.45, 2.75) is 56.7 Å². The molecule has 0 unspecified atom stereocenters. The summed E-state index contributed by atoms with van der Waals surface area (Å²) in [6.07, 6.45) is 6.13. The van der Waals surface area contributed by atoms with Gasteiger partial charge in [-0.15, -0.1) is 0 Å². The number of carboxylic acid groups (broad SMARTS) is 1.